The molecule has 1 saturated heterocycles. The third kappa shape index (κ3) is 5.29. The van der Waals surface area contributed by atoms with Crippen LogP contribution in [0.1, 0.15) is 41.3 Å². The van der Waals surface area contributed by atoms with Crippen molar-refractivity contribution in [3.63, 3.8) is 0 Å². The fourth-order valence-corrected chi connectivity index (χ4v) is 3.13. The van der Waals surface area contributed by atoms with Crippen molar-refractivity contribution in [1.82, 2.24) is 5.06 Å². The molecule has 1 aliphatic heterocycles. The summed E-state index contributed by atoms with van der Waals surface area (Å²) in [6.07, 6.45) is -10.8. The average molecular weight is 419 g/mol. The van der Waals surface area contributed by atoms with Crippen molar-refractivity contribution >= 4 is 0 Å². The van der Waals surface area contributed by atoms with Gasteiger partial charge < -0.3 is 4.74 Å². The molecule has 0 aliphatic carbocycles. The highest BCUT2D eigenvalue weighted by Crippen LogP contribution is 2.38. The molecule has 3 nitrogen and oxygen atoms in total. The number of alkyl halides is 6. The first-order valence-electron chi connectivity index (χ1n) is 8.91. The first-order chi connectivity index (χ1) is 13.6. The Morgan fingerprint density at radius 3 is 2.10 bits per heavy atom. The highest BCUT2D eigenvalue weighted by atomic mass is 19.4. The van der Waals surface area contributed by atoms with Crippen LogP contribution in [0.5, 0.6) is 0 Å². The predicted octanol–water partition coefficient (Wildman–Crippen LogP) is 5.79. The molecular weight excluding hydrogens is 400 g/mol. The van der Waals surface area contributed by atoms with Gasteiger partial charge in [-0.2, -0.15) is 31.4 Å². The van der Waals surface area contributed by atoms with Crippen LogP contribution in [-0.2, 0) is 21.9 Å². The number of rotatable bonds is 4. The van der Waals surface area contributed by atoms with E-state index in [0.29, 0.717) is 31.9 Å². The Labute approximate surface area is 163 Å². The smallest absolute Gasteiger partial charge is 0.378 e. The summed E-state index contributed by atoms with van der Waals surface area (Å²) in [5.74, 6) is 0. The number of hydroxylamine groups is 2. The van der Waals surface area contributed by atoms with Crippen LogP contribution in [-0.4, -0.2) is 24.8 Å². The average Bonchev–Trinajstić information content (AvgIpc) is 2.67. The van der Waals surface area contributed by atoms with E-state index < -0.39 is 29.6 Å². The van der Waals surface area contributed by atoms with Crippen LogP contribution in [0.2, 0.25) is 0 Å². The van der Waals surface area contributed by atoms with Gasteiger partial charge in [-0.05, 0) is 36.2 Å². The van der Waals surface area contributed by atoms with Crippen LogP contribution in [0.15, 0.2) is 48.5 Å². The van der Waals surface area contributed by atoms with Crippen molar-refractivity contribution in [3.8, 4) is 0 Å². The SMILES string of the molecule is C[C@H](ON1CCOC[C@@H]1c1ccccc1)c1cc(C(F)(F)F)cc(C(F)(F)F)c1. The minimum absolute atomic E-state index is 0.109. The lowest BCUT2D eigenvalue weighted by Crippen LogP contribution is -2.40. The summed E-state index contributed by atoms with van der Waals surface area (Å²) in [6.45, 7) is 2.39. The van der Waals surface area contributed by atoms with Crippen LogP contribution in [0.3, 0.4) is 0 Å². The first kappa shape index (κ1) is 21.6. The Balaban J connectivity index is 1.88. The maximum atomic E-state index is 13.1. The van der Waals surface area contributed by atoms with Crippen molar-refractivity contribution in [2.45, 2.75) is 31.4 Å². The molecule has 0 amide bonds. The Hall–Kier alpha value is -2.10. The van der Waals surface area contributed by atoms with Crippen molar-refractivity contribution in [2.75, 3.05) is 19.8 Å². The molecule has 1 aliphatic rings. The minimum Gasteiger partial charge on any atom is -0.378 e. The Morgan fingerprint density at radius 1 is 0.966 bits per heavy atom. The van der Waals surface area contributed by atoms with Gasteiger partial charge in [0.25, 0.3) is 0 Å². The largest absolute Gasteiger partial charge is 0.416 e. The maximum Gasteiger partial charge on any atom is 0.416 e. The monoisotopic (exact) mass is 419 g/mol. The fourth-order valence-electron chi connectivity index (χ4n) is 3.13. The lowest BCUT2D eigenvalue weighted by molar-refractivity contribution is -0.253. The van der Waals surface area contributed by atoms with Gasteiger partial charge in [0.2, 0.25) is 0 Å². The summed E-state index contributed by atoms with van der Waals surface area (Å²) in [4.78, 5) is 5.80. The summed E-state index contributed by atoms with van der Waals surface area (Å²) in [5, 5.41) is 1.55. The van der Waals surface area contributed by atoms with E-state index in [1.54, 1.807) is 5.06 Å². The zero-order chi connectivity index (χ0) is 21.2. The second-order valence-corrected chi connectivity index (χ2v) is 6.73. The number of nitrogens with zero attached hydrogens (tertiary/aromatic N) is 1. The maximum absolute atomic E-state index is 13.1. The fraction of sp³-hybridized carbons (Fsp3) is 0.400. The summed E-state index contributed by atoms with van der Waals surface area (Å²) in [5.41, 5.74) is -2.05. The number of morpholine rings is 1. The Morgan fingerprint density at radius 2 is 1.55 bits per heavy atom. The van der Waals surface area contributed by atoms with E-state index in [4.69, 9.17) is 9.57 Å². The third-order valence-electron chi connectivity index (χ3n) is 4.64. The van der Waals surface area contributed by atoms with Gasteiger partial charge in [-0.25, -0.2) is 0 Å². The summed E-state index contributed by atoms with van der Waals surface area (Å²) in [6, 6.07) is 10.4. The lowest BCUT2D eigenvalue weighted by atomic mass is 10.0. The van der Waals surface area contributed by atoms with E-state index in [1.165, 1.54) is 6.92 Å². The van der Waals surface area contributed by atoms with Crippen molar-refractivity contribution < 1.29 is 35.9 Å². The third-order valence-corrected chi connectivity index (χ3v) is 4.64. The number of benzene rings is 2. The number of ether oxygens (including phenoxy) is 1. The number of hydrogen-bond donors (Lipinski definition) is 0. The van der Waals surface area contributed by atoms with Crippen LogP contribution >= 0.6 is 0 Å². The van der Waals surface area contributed by atoms with E-state index in [-0.39, 0.29) is 17.7 Å². The molecule has 0 spiro atoms. The highest BCUT2D eigenvalue weighted by Gasteiger charge is 2.38. The second-order valence-electron chi connectivity index (χ2n) is 6.73. The Bertz CT molecular complexity index is 790. The van der Waals surface area contributed by atoms with Crippen molar-refractivity contribution in [3.05, 3.63) is 70.8 Å². The van der Waals surface area contributed by atoms with E-state index in [0.717, 1.165) is 5.56 Å². The standard InChI is InChI=1S/C20H19F6NO2/c1-13(15-9-16(19(21,22)23)11-17(10-15)20(24,25)26)29-27-7-8-28-12-18(27)14-5-3-2-4-6-14/h2-6,9-11,13,18H,7-8,12H2,1H3/t13-,18+/m0/s1. The molecule has 0 saturated carbocycles. The minimum atomic E-state index is -4.90. The number of halogens is 6. The van der Waals surface area contributed by atoms with Crippen LogP contribution < -0.4 is 0 Å². The van der Waals surface area contributed by atoms with Gasteiger partial charge in [0.05, 0.1) is 30.4 Å². The van der Waals surface area contributed by atoms with E-state index in [9.17, 15) is 26.3 Å². The van der Waals surface area contributed by atoms with Gasteiger partial charge >= 0.3 is 12.4 Å². The lowest BCUT2D eigenvalue weighted by Gasteiger charge is -2.36. The zero-order valence-electron chi connectivity index (χ0n) is 15.4. The predicted molar refractivity (Wildman–Crippen MR) is 92.7 cm³/mol. The molecule has 1 fully saturated rings. The summed E-state index contributed by atoms with van der Waals surface area (Å²) in [7, 11) is 0. The van der Waals surface area contributed by atoms with Crippen molar-refractivity contribution in [1.29, 1.82) is 0 Å². The normalized spacial score (nSPS) is 19.9. The van der Waals surface area contributed by atoms with Gasteiger partial charge in [0.1, 0.15) is 6.10 Å². The molecule has 158 valence electrons. The molecule has 2 aromatic carbocycles. The zero-order valence-corrected chi connectivity index (χ0v) is 15.4. The van der Waals surface area contributed by atoms with E-state index >= 15 is 0 Å². The van der Waals surface area contributed by atoms with Crippen LogP contribution in [0, 0.1) is 0 Å². The first-order valence-corrected chi connectivity index (χ1v) is 8.91. The topological polar surface area (TPSA) is 21.7 Å². The molecule has 1 heterocycles. The second kappa shape index (κ2) is 8.33. The van der Waals surface area contributed by atoms with Gasteiger partial charge in [-0.15, -0.1) is 0 Å². The molecule has 0 bridgehead atoms. The molecule has 9 heteroatoms. The molecule has 0 aromatic heterocycles. The summed E-state index contributed by atoms with van der Waals surface area (Å²) >= 11 is 0. The van der Waals surface area contributed by atoms with Crippen molar-refractivity contribution in [2.24, 2.45) is 0 Å². The molecule has 3 rings (SSSR count). The molecule has 0 N–H and O–H groups in total. The van der Waals surface area contributed by atoms with Gasteiger partial charge in [-0.3, -0.25) is 4.84 Å². The summed E-state index contributed by atoms with van der Waals surface area (Å²) < 4.78 is 84.1. The quantitative estimate of drug-likeness (QED) is 0.586. The Kier molecular flexibility index (Phi) is 6.21. The van der Waals surface area contributed by atoms with Gasteiger partial charge in [0, 0.05) is 6.54 Å². The van der Waals surface area contributed by atoms with Gasteiger partial charge in [-0.1, -0.05) is 30.3 Å². The molecule has 0 radical (unpaired) electrons. The van der Waals surface area contributed by atoms with Crippen LogP contribution in [0.4, 0.5) is 26.3 Å². The molecular formula is C20H19F6NO2. The molecule has 2 atom stereocenters. The molecule has 2 aromatic rings. The van der Waals surface area contributed by atoms with Crippen LogP contribution in [0.25, 0.3) is 0 Å². The number of hydrogen-bond acceptors (Lipinski definition) is 3. The highest BCUT2D eigenvalue weighted by molar-refractivity contribution is 5.34. The van der Waals surface area contributed by atoms with E-state index in [1.807, 2.05) is 30.3 Å². The van der Waals surface area contributed by atoms with Gasteiger partial charge in [0.15, 0.2) is 0 Å². The molecule has 0 unspecified atom stereocenters. The molecule has 29 heavy (non-hydrogen) atoms. The van der Waals surface area contributed by atoms with E-state index in [2.05, 4.69) is 0 Å².